The van der Waals surface area contributed by atoms with Crippen LogP contribution in [0.15, 0.2) is 59.5 Å². The highest BCUT2D eigenvalue weighted by atomic mass is 32.2. The van der Waals surface area contributed by atoms with E-state index in [2.05, 4.69) is 64.4 Å². The van der Waals surface area contributed by atoms with E-state index in [9.17, 15) is 0 Å². The highest BCUT2D eigenvalue weighted by Gasteiger charge is 2.27. The third-order valence-electron chi connectivity index (χ3n) is 5.25. The van der Waals surface area contributed by atoms with Gasteiger partial charge in [0.15, 0.2) is 0 Å². The number of piperazine rings is 1. The van der Waals surface area contributed by atoms with Crippen molar-refractivity contribution in [2.45, 2.75) is 30.3 Å². The van der Waals surface area contributed by atoms with Crippen LogP contribution in [0.4, 0.5) is 0 Å². The fourth-order valence-electron chi connectivity index (χ4n) is 3.96. The maximum Gasteiger partial charge on any atom is 0.0360 e. The van der Waals surface area contributed by atoms with Crippen LogP contribution in [0.3, 0.4) is 0 Å². The lowest BCUT2D eigenvalue weighted by molar-refractivity contribution is 0.0869. The Hall–Kier alpha value is -1.29. The molecule has 4 rings (SSSR count). The van der Waals surface area contributed by atoms with Gasteiger partial charge in [-0.1, -0.05) is 48.5 Å². The molecule has 0 N–H and O–H groups in total. The first-order chi connectivity index (χ1) is 11.9. The first-order valence-electron chi connectivity index (χ1n) is 9.12. The van der Waals surface area contributed by atoms with Crippen LogP contribution in [0.2, 0.25) is 0 Å². The smallest absolute Gasteiger partial charge is 0.0360 e. The van der Waals surface area contributed by atoms with Crippen molar-refractivity contribution in [3.8, 4) is 0 Å². The monoisotopic (exact) mass is 338 g/mol. The summed E-state index contributed by atoms with van der Waals surface area (Å²) in [6.45, 7) is 5.83. The van der Waals surface area contributed by atoms with Crippen LogP contribution in [0.25, 0.3) is 0 Å². The highest BCUT2D eigenvalue weighted by molar-refractivity contribution is 7.99. The van der Waals surface area contributed by atoms with Crippen LogP contribution in [-0.4, -0.2) is 41.7 Å². The maximum atomic E-state index is 2.73. The summed E-state index contributed by atoms with van der Waals surface area (Å²) >= 11 is 2.04. The van der Waals surface area contributed by atoms with Crippen molar-refractivity contribution in [2.24, 2.45) is 0 Å². The highest BCUT2D eigenvalue weighted by Crippen LogP contribution is 2.38. The Labute approximate surface area is 149 Å². The summed E-state index contributed by atoms with van der Waals surface area (Å²) in [5, 5.41) is 0. The lowest BCUT2D eigenvalue weighted by Crippen LogP contribution is -2.47. The van der Waals surface area contributed by atoms with Crippen LogP contribution < -0.4 is 0 Å². The van der Waals surface area contributed by atoms with E-state index >= 15 is 0 Å². The van der Waals surface area contributed by atoms with Crippen LogP contribution in [-0.2, 0) is 6.54 Å². The Morgan fingerprint density at radius 2 is 1.62 bits per heavy atom. The minimum Gasteiger partial charge on any atom is -0.297 e. The number of hydrogen-bond acceptors (Lipinski definition) is 3. The topological polar surface area (TPSA) is 6.48 Å². The van der Waals surface area contributed by atoms with Gasteiger partial charge in [-0.15, -0.1) is 11.8 Å². The Kier molecular flexibility index (Phi) is 5.21. The lowest BCUT2D eigenvalue weighted by Gasteiger charge is -2.39. The molecule has 2 aromatic carbocycles. The van der Waals surface area contributed by atoms with Gasteiger partial charge in [0.05, 0.1) is 0 Å². The van der Waals surface area contributed by atoms with Crippen molar-refractivity contribution in [3.63, 3.8) is 0 Å². The minimum absolute atomic E-state index is 0.620. The molecule has 0 saturated carbocycles. The summed E-state index contributed by atoms with van der Waals surface area (Å²) in [6, 6.07) is 20.6. The molecule has 0 bridgehead atoms. The molecule has 2 aliphatic heterocycles. The summed E-state index contributed by atoms with van der Waals surface area (Å²) in [5.74, 6) is 1.27. The number of hydrogen-bond donors (Lipinski definition) is 0. The number of rotatable bonds is 3. The molecule has 1 fully saturated rings. The van der Waals surface area contributed by atoms with Gasteiger partial charge >= 0.3 is 0 Å². The Bertz CT molecular complexity index is 650. The van der Waals surface area contributed by atoms with Crippen molar-refractivity contribution < 1.29 is 0 Å². The zero-order chi connectivity index (χ0) is 16.2. The van der Waals surface area contributed by atoms with E-state index in [4.69, 9.17) is 0 Å². The average Bonchev–Trinajstić information content (AvgIpc) is 2.86. The van der Waals surface area contributed by atoms with Crippen LogP contribution in [0.5, 0.6) is 0 Å². The van der Waals surface area contributed by atoms with E-state index < -0.39 is 0 Å². The molecule has 1 saturated heterocycles. The molecule has 0 radical (unpaired) electrons. The number of thioether (sulfide) groups is 1. The van der Waals surface area contributed by atoms with Gasteiger partial charge < -0.3 is 0 Å². The largest absolute Gasteiger partial charge is 0.297 e. The Morgan fingerprint density at radius 1 is 0.875 bits per heavy atom. The van der Waals surface area contributed by atoms with Crippen LogP contribution in [0, 0.1) is 0 Å². The third kappa shape index (κ3) is 3.69. The number of nitrogens with zero attached hydrogens (tertiary/aromatic N) is 2. The van der Waals surface area contributed by atoms with Gasteiger partial charge in [0, 0.05) is 43.7 Å². The second-order valence-corrected chi connectivity index (χ2v) is 7.98. The van der Waals surface area contributed by atoms with Crippen molar-refractivity contribution >= 4 is 11.8 Å². The second kappa shape index (κ2) is 7.73. The van der Waals surface area contributed by atoms with Gasteiger partial charge in [0.2, 0.25) is 0 Å². The molecule has 0 aliphatic carbocycles. The molecule has 24 heavy (non-hydrogen) atoms. The molecule has 0 aromatic heterocycles. The van der Waals surface area contributed by atoms with Gasteiger partial charge in [0.1, 0.15) is 0 Å². The zero-order valence-electron chi connectivity index (χ0n) is 14.2. The average molecular weight is 339 g/mol. The molecule has 2 heterocycles. The summed E-state index contributed by atoms with van der Waals surface area (Å²) in [6.07, 6.45) is 2.64. The molecule has 126 valence electrons. The minimum atomic E-state index is 0.620. The molecule has 2 aliphatic rings. The van der Waals surface area contributed by atoms with Crippen LogP contribution in [0.1, 0.15) is 30.0 Å². The summed E-state index contributed by atoms with van der Waals surface area (Å²) in [5.41, 5.74) is 3.00. The summed E-state index contributed by atoms with van der Waals surface area (Å²) in [4.78, 5) is 6.83. The first kappa shape index (κ1) is 16.2. The molecular weight excluding hydrogens is 312 g/mol. The van der Waals surface area contributed by atoms with Crippen molar-refractivity contribution in [2.75, 3.05) is 31.9 Å². The summed E-state index contributed by atoms with van der Waals surface area (Å²) in [7, 11) is 0. The molecular formula is C21H26N2S. The van der Waals surface area contributed by atoms with Gasteiger partial charge in [-0.05, 0) is 35.8 Å². The fraction of sp³-hybridized carbons (Fsp3) is 0.429. The molecule has 0 spiro atoms. The van der Waals surface area contributed by atoms with Crippen molar-refractivity contribution in [1.29, 1.82) is 0 Å². The van der Waals surface area contributed by atoms with E-state index in [0.29, 0.717) is 6.04 Å². The third-order valence-corrected chi connectivity index (χ3v) is 6.43. The standard InChI is InChI=1S/C21H26N2S/c1-2-7-18(8-3-1)17-22-12-14-23(15-13-22)20-10-6-16-24-21-11-5-4-9-19(20)21/h1-5,7-9,11,20H,6,10,12-17H2/t20-/m1/s1. The predicted molar refractivity (Wildman–Crippen MR) is 102 cm³/mol. The van der Waals surface area contributed by atoms with E-state index in [1.54, 1.807) is 5.56 Å². The Morgan fingerprint density at radius 3 is 2.46 bits per heavy atom. The van der Waals surface area contributed by atoms with E-state index in [1.165, 1.54) is 55.2 Å². The molecule has 2 aromatic rings. The summed E-state index contributed by atoms with van der Waals surface area (Å²) < 4.78 is 0. The van der Waals surface area contributed by atoms with Gasteiger partial charge in [-0.3, -0.25) is 9.80 Å². The van der Waals surface area contributed by atoms with Crippen LogP contribution >= 0.6 is 11.8 Å². The first-order valence-corrected chi connectivity index (χ1v) is 10.1. The normalized spacial score (nSPS) is 22.8. The zero-order valence-corrected chi connectivity index (χ0v) is 15.0. The predicted octanol–water partition coefficient (Wildman–Crippen LogP) is 4.43. The molecule has 2 nitrogen and oxygen atoms in total. The Balaban J connectivity index is 1.41. The molecule has 0 unspecified atom stereocenters. The lowest BCUT2D eigenvalue weighted by atomic mass is 9.99. The van der Waals surface area contributed by atoms with E-state index in [0.717, 1.165) is 6.54 Å². The maximum absolute atomic E-state index is 2.73. The molecule has 3 heteroatoms. The molecule has 0 amide bonds. The second-order valence-electron chi connectivity index (χ2n) is 6.84. The SMILES string of the molecule is c1ccc(CN2CCN([C@@H]3CCCSc4ccccc43)CC2)cc1. The quantitative estimate of drug-likeness (QED) is 0.817. The number of benzene rings is 2. The van der Waals surface area contributed by atoms with Gasteiger partial charge in [0.25, 0.3) is 0 Å². The fourth-order valence-corrected chi connectivity index (χ4v) is 5.03. The van der Waals surface area contributed by atoms with Gasteiger partial charge in [-0.2, -0.15) is 0 Å². The van der Waals surface area contributed by atoms with Crippen molar-refractivity contribution in [3.05, 3.63) is 65.7 Å². The van der Waals surface area contributed by atoms with Crippen molar-refractivity contribution in [1.82, 2.24) is 9.80 Å². The van der Waals surface area contributed by atoms with E-state index in [1.807, 2.05) is 11.8 Å². The number of fused-ring (bicyclic) bond motifs is 1. The van der Waals surface area contributed by atoms with Gasteiger partial charge in [-0.25, -0.2) is 0 Å². The molecule has 1 atom stereocenters. The van der Waals surface area contributed by atoms with E-state index in [-0.39, 0.29) is 0 Å².